The fourth-order valence-corrected chi connectivity index (χ4v) is 7.06. The second kappa shape index (κ2) is 14.0. The highest BCUT2D eigenvalue weighted by Gasteiger charge is 2.53. The lowest BCUT2D eigenvalue weighted by Gasteiger charge is -2.34. The fourth-order valence-electron chi connectivity index (χ4n) is 6.17. The summed E-state index contributed by atoms with van der Waals surface area (Å²) in [7, 11) is 1.73. The van der Waals surface area contributed by atoms with Gasteiger partial charge in [0.2, 0.25) is 5.91 Å². The maximum absolute atomic E-state index is 13.9. The van der Waals surface area contributed by atoms with Gasteiger partial charge in [-0.2, -0.15) is 0 Å². The number of anilines is 1. The average molecular weight is 628 g/mol. The molecule has 44 heavy (non-hydrogen) atoms. The normalized spacial score (nSPS) is 23.2. The van der Waals surface area contributed by atoms with Crippen molar-refractivity contribution in [2.24, 2.45) is 5.41 Å². The van der Waals surface area contributed by atoms with Gasteiger partial charge in [-0.15, -0.1) is 11.3 Å². The third kappa shape index (κ3) is 7.48. The summed E-state index contributed by atoms with van der Waals surface area (Å²) in [6, 6.07) is 5.84. The molecule has 1 aromatic carbocycles. The van der Waals surface area contributed by atoms with Crippen LogP contribution in [0.1, 0.15) is 44.5 Å². The van der Waals surface area contributed by atoms with E-state index in [2.05, 4.69) is 15.1 Å². The van der Waals surface area contributed by atoms with E-state index in [9.17, 15) is 14.4 Å². The first kappa shape index (κ1) is 32.5. The maximum Gasteiger partial charge on any atom is 0.251 e. The van der Waals surface area contributed by atoms with E-state index in [1.54, 1.807) is 35.5 Å². The van der Waals surface area contributed by atoms with E-state index in [1.165, 1.54) is 0 Å². The SMILES string of the molecule is CCO[C@H]1CN(C(=O)[C@H](CC(C)(C)C)NC(=O)c2ccc(-c3csc(N4CCN(CCOC)CC4)n3)cc2)[C@@H]2C(=O)CO[C@H]12. The number of ketones is 1. The minimum absolute atomic E-state index is 0.0304. The molecular formula is C32H45N5O6S. The number of ether oxygens (including phenoxy) is 3. The van der Waals surface area contributed by atoms with Gasteiger partial charge in [-0.3, -0.25) is 19.3 Å². The van der Waals surface area contributed by atoms with Gasteiger partial charge in [0.25, 0.3) is 5.91 Å². The van der Waals surface area contributed by atoms with Crippen molar-refractivity contribution >= 4 is 34.1 Å². The Bertz CT molecular complexity index is 1300. The van der Waals surface area contributed by atoms with Gasteiger partial charge >= 0.3 is 0 Å². The summed E-state index contributed by atoms with van der Waals surface area (Å²) in [6.45, 7) is 14.2. The van der Waals surface area contributed by atoms with E-state index in [4.69, 9.17) is 19.2 Å². The Kier molecular flexibility index (Phi) is 10.4. The van der Waals surface area contributed by atoms with Crippen molar-refractivity contribution in [1.29, 1.82) is 0 Å². The number of methoxy groups -OCH3 is 1. The summed E-state index contributed by atoms with van der Waals surface area (Å²) in [4.78, 5) is 51.2. The lowest BCUT2D eigenvalue weighted by molar-refractivity contribution is -0.139. The molecule has 0 unspecified atom stereocenters. The van der Waals surface area contributed by atoms with E-state index >= 15 is 0 Å². The molecule has 0 aliphatic carbocycles. The molecule has 0 bridgehead atoms. The summed E-state index contributed by atoms with van der Waals surface area (Å²) in [5, 5.41) is 6.02. The van der Waals surface area contributed by atoms with Gasteiger partial charge in [0, 0.05) is 62.9 Å². The molecule has 0 radical (unpaired) electrons. The minimum Gasteiger partial charge on any atom is -0.383 e. The molecule has 1 N–H and O–H groups in total. The standard InChI is InChI=1S/C32H45N5O6S/c1-6-42-26-18-37(27-25(38)19-43-28(26)27)30(40)23(17-32(2,3)4)33-29(39)22-9-7-21(8-10-22)24-20-44-31(34-24)36-13-11-35(12-14-36)15-16-41-5/h7-10,20,23,26-28H,6,11-19H2,1-5H3,(H,33,39)/t23-,26-,27+,28+/m0/s1. The van der Waals surface area contributed by atoms with E-state index in [-0.39, 0.29) is 42.3 Å². The highest BCUT2D eigenvalue weighted by atomic mass is 32.1. The molecule has 11 nitrogen and oxygen atoms in total. The number of hydrogen-bond donors (Lipinski definition) is 1. The number of piperazine rings is 1. The fraction of sp³-hybridized carbons (Fsp3) is 0.625. The number of carbonyl (C=O) groups is 3. The van der Waals surface area contributed by atoms with E-state index in [0.29, 0.717) is 18.6 Å². The Morgan fingerprint density at radius 1 is 1.16 bits per heavy atom. The largest absolute Gasteiger partial charge is 0.383 e. The van der Waals surface area contributed by atoms with E-state index in [1.807, 2.05) is 45.2 Å². The molecule has 240 valence electrons. The molecule has 2 amide bonds. The molecule has 3 aliphatic heterocycles. The zero-order valence-electron chi connectivity index (χ0n) is 26.4. The third-order valence-corrected chi connectivity index (χ3v) is 9.31. The van der Waals surface area contributed by atoms with Crippen LogP contribution in [0.4, 0.5) is 5.13 Å². The summed E-state index contributed by atoms with van der Waals surface area (Å²) < 4.78 is 16.7. The van der Waals surface area contributed by atoms with Crippen LogP contribution in [0.15, 0.2) is 29.6 Å². The van der Waals surface area contributed by atoms with Gasteiger partial charge in [-0.25, -0.2) is 4.98 Å². The molecular weight excluding hydrogens is 582 g/mol. The van der Waals surface area contributed by atoms with Crippen molar-refractivity contribution in [3.8, 4) is 11.3 Å². The number of Topliss-reactive ketones (excluding diaryl/α,β-unsaturated/α-hetero) is 1. The summed E-state index contributed by atoms with van der Waals surface area (Å²) >= 11 is 1.63. The van der Waals surface area contributed by atoms with Crippen LogP contribution in [0.25, 0.3) is 11.3 Å². The van der Waals surface area contributed by atoms with Crippen LogP contribution in [-0.2, 0) is 23.8 Å². The van der Waals surface area contributed by atoms with Gasteiger partial charge in [0.05, 0.1) is 18.8 Å². The lowest BCUT2D eigenvalue weighted by Crippen LogP contribution is -2.53. The smallest absolute Gasteiger partial charge is 0.251 e. The molecule has 1 aromatic heterocycles. The summed E-state index contributed by atoms with van der Waals surface area (Å²) in [5.41, 5.74) is 2.01. The van der Waals surface area contributed by atoms with Crippen LogP contribution < -0.4 is 10.2 Å². The summed E-state index contributed by atoms with van der Waals surface area (Å²) in [5.74, 6) is -0.748. The topological polar surface area (TPSA) is 114 Å². The number of fused-ring (bicyclic) bond motifs is 1. The van der Waals surface area contributed by atoms with Crippen LogP contribution >= 0.6 is 11.3 Å². The van der Waals surface area contributed by atoms with Gasteiger partial charge in [-0.1, -0.05) is 32.9 Å². The third-order valence-electron chi connectivity index (χ3n) is 8.41. The lowest BCUT2D eigenvalue weighted by atomic mass is 9.87. The minimum atomic E-state index is -0.798. The van der Waals surface area contributed by atoms with E-state index in [0.717, 1.165) is 55.7 Å². The molecule has 2 aromatic rings. The van der Waals surface area contributed by atoms with Crippen molar-refractivity contribution in [1.82, 2.24) is 20.1 Å². The van der Waals surface area contributed by atoms with Gasteiger partial charge in [-0.05, 0) is 30.9 Å². The number of rotatable bonds is 11. The first-order valence-electron chi connectivity index (χ1n) is 15.5. The Morgan fingerprint density at radius 2 is 1.89 bits per heavy atom. The number of aromatic nitrogens is 1. The molecule has 12 heteroatoms. The molecule has 0 spiro atoms. The van der Waals surface area contributed by atoms with Crippen LogP contribution in [0.3, 0.4) is 0 Å². The maximum atomic E-state index is 13.9. The predicted molar refractivity (Wildman–Crippen MR) is 169 cm³/mol. The number of thiazole rings is 1. The Labute approximate surface area is 263 Å². The number of hydrogen-bond acceptors (Lipinski definition) is 10. The molecule has 3 saturated heterocycles. The molecule has 4 heterocycles. The second-order valence-electron chi connectivity index (χ2n) is 12.9. The van der Waals surface area contributed by atoms with Crippen LogP contribution in [0.5, 0.6) is 0 Å². The average Bonchev–Trinajstić information content (AvgIpc) is 3.73. The molecule has 5 rings (SSSR count). The van der Waals surface area contributed by atoms with Gasteiger partial charge in [0.1, 0.15) is 30.9 Å². The second-order valence-corrected chi connectivity index (χ2v) is 13.7. The number of likely N-dealkylation sites (tertiary alicyclic amines) is 1. The zero-order valence-corrected chi connectivity index (χ0v) is 27.2. The van der Waals surface area contributed by atoms with Crippen LogP contribution in [0.2, 0.25) is 0 Å². The monoisotopic (exact) mass is 627 g/mol. The zero-order chi connectivity index (χ0) is 31.4. The highest BCUT2D eigenvalue weighted by molar-refractivity contribution is 7.14. The first-order chi connectivity index (χ1) is 21.1. The number of nitrogens with zero attached hydrogens (tertiary/aromatic N) is 4. The first-order valence-corrected chi connectivity index (χ1v) is 16.4. The summed E-state index contributed by atoms with van der Waals surface area (Å²) in [6.07, 6.45) is -0.419. The number of benzene rings is 1. The number of carbonyl (C=O) groups excluding carboxylic acids is 3. The molecule has 0 saturated carbocycles. The van der Waals surface area contributed by atoms with Gasteiger partial charge in [0.15, 0.2) is 10.9 Å². The van der Waals surface area contributed by atoms with Gasteiger partial charge < -0.3 is 29.3 Å². The molecule has 3 aliphatic rings. The van der Waals surface area contributed by atoms with Crippen LogP contribution in [0, 0.1) is 5.41 Å². The van der Waals surface area contributed by atoms with Crippen molar-refractivity contribution in [3.63, 3.8) is 0 Å². The Morgan fingerprint density at radius 3 is 2.55 bits per heavy atom. The van der Waals surface area contributed by atoms with Crippen molar-refractivity contribution in [2.75, 3.05) is 71.1 Å². The quantitative estimate of drug-likeness (QED) is 0.402. The van der Waals surface area contributed by atoms with E-state index < -0.39 is 18.2 Å². The number of amides is 2. The number of nitrogens with one attached hydrogen (secondary N) is 1. The Balaban J connectivity index is 1.24. The van der Waals surface area contributed by atoms with Crippen molar-refractivity contribution in [3.05, 3.63) is 35.2 Å². The van der Waals surface area contributed by atoms with Crippen LogP contribution in [-0.4, -0.2) is 123 Å². The van der Waals surface area contributed by atoms with Crippen molar-refractivity contribution < 1.29 is 28.6 Å². The molecule has 4 atom stereocenters. The highest BCUT2D eigenvalue weighted by Crippen LogP contribution is 2.32. The predicted octanol–water partition coefficient (Wildman–Crippen LogP) is 2.70. The Hall–Kier alpha value is -2.90. The molecule has 3 fully saturated rings. The van der Waals surface area contributed by atoms with Crippen molar-refractivity contribution in [2.45, 2.75) is 58.4 Å².